The van der Waals surface area contributed by atoms with Gasteiger partial charge in [-0.2, -0.15) is 0 Å². The number of aryl methyl sites for hydroxylation is 1. The average molecular weight is 367 g/mol. The molecule has 0 atom stereocenters. The summed E-state index contributed by atoms with van der Waals surface area (Å²) in [4.78, 5) is 9.49. The van der Waals surface area contributed by atoms with Crippen LogP contribution in [0, 0.1) is 6.92 Å². The zero-order valence-electron chi connectivity index (χ0n) is 15.9. The number of nitrogens with one attached hydrogen (secondary N) is 1. The van der Waals surface area contributed by atoms with E-state index in [0.29, 0.717) is 5.95 Å². The minimum absolute atomic E-state index is 0.560. The quantitative estimate of drug-likeness (QED) is 0.479. The number of methoxy groups -OCH3 is 1. The molecule has 1 heterocycles. The first-order valence-corrected chi connectivity index (χ1v) is 9.14. The summed E-state index contributed by atoms with van der Waals surface area (Å²) >= 11 is 0. The molecule has 0 aliphatic rings. The molecule has 0 fully saturated rings. The highest BCUT2D eigenvalue weighted by molar-refractivity contribution is 5.70. The van der Waals surface area contributed by atoms with Crippen molar-refractivity contribution in [2.24, 2.45) is 0 Å². The lowest BCUT2D eigenvalue weighted by Gasteiger charge is -2.12. The number of ether oxygens (including phenoxy) is 1. The fourth-order valence-electron chi connectivity index (χ4n) is 3.10. The molecule has 0 unspecified atom stereocenters. The summed E-state index contributed by atoms with van der Waals surface area (Å²) in [5.41, 5.74) is 5.83. The number of anilines is 2. The Hall–Kier alpha value is -3.66. The molecule has 0 saturated heterocycles. The molecule has 0 spiro atoms. The van der Waals surface area contributed by atoms with Crippen molar-refractivity contribution >= 4 is 11.6 Å². The van der Waals surface area contributed by atoms with Crippen molar-refractivity contribution in [3.8, 4) is 28.3 Å². The molecule has 4 aromatic rings. The normalized spacial score (nSPS) is 10.5. The lowest BCUT2D eigenvalue weighted by atomic mass is 10.1. The Morgan fingerprint density at radius 1 is 0.714 bits per heavy atom. The van der Waals surface area contributed by atoms with Crippen molar-refractivity contribution in [3.05, 3.63) is 90.5 Å². The molecule has 4 nitrogen and oxygen atoms in total. The Morgan fingerprint density at radius 3 is 1.79 bits per heavy atom. The number of hydrogen-bond donors (Lipinski definition) is 1. The maximum Gasteiger partial charge on any atom is 0.228 e. The topological polar surface area (TPSA) is 47.0 Å². The Morgan fingerprint density at radius 2 is 1.29 bits per heavy atom. The van der Waals surface area contributed by atoms with Crippen LogP contribution in [0.15, 0.2) is 84.9 Å². The Labute approximate surface area is 164 Å². The first-order valence-electron chi connectivity index (χ1n) is 9.14. The highest BCUT2D eigenvalue weighted by atomic mass is 16.5. The second-order valence-corrected chi connectivity index (χ2v) is 6.50. The van der Waals surface area contributed by atoms with Crippen molar-refractivity contribution in [3.63, 3.8) is 0 Å². The van der Waals surface area contributed by atoms with E-state index < -0.39 is 0 Å². The highest BCUT2D eigenvalue weighted by Crippen LogP contribution is 2.27. The lowest BCUT2D eigenvalue weighted by Crippen LogP contribution is -2.01. The Balaban J connectivity index is 1.77. The van der Waals surface area contributed by atoms with Crippen LogP contribution in [0.1, 0.15) is 5.56 Å². The van der Waals surface area contributed by atoms with Gasteiger partial charge < -0.3 is 10.1 Å². The summed E-state index contributed by atoms with van der Waals surface area (Å²) in [5, 5.41) is 3.34. The first kappa shape index (κ1) is 17.7. The maximum absolute atomic E-state index is 5.35. The largest absolute Gasteiger partial charge is 0.496 e. The van der Waals surface area contributed by atoms with Crippen molar-refractivity contribution in [1.29, 1.82) is 0 Å². The van der Waals surface area contributed by atoms with Gasteiger partial charge in [0.2, 0.25) is 5.95 Å². The molecule has 1 N–H and O–H groups in total. The van der Waals surface area contributed by atoms with Gasteiger partial charge in [0, 0.05) is 16.8 Å². The summed E-state index contributed by atoms with van der Waals surface area (Å²) < 4.78 is 5.35. The third-order valence-corrected chi connectivity index (χ3v) is 4.52. The molecule has 0 radical (unpaired) electrons. The summed E-state index contributed by atoms with van der Waals surface area (Å²) in [7, 11) is 1.67. The summed E-state index contributed by atoms with van der Waals surface area (Å²) in [6, 6.07) is 28.2. The maximum atomic E-state index is 5.35. The van der Waals surface area contributed by atoms with E-state index in [2.05, 4.69) is 29.6 Å². The van der Waals surface area contributed by atoms with E-state index in [1.165, 1.54) is 0 Å². The fourth-order valence-corrected chi connectivity index (χ4v) is 3.10. The van der Waals surface area contributed by atoms with Gasteiger partial charge >= 0.3 is 0 Å². The number of rotatable bonds is 5. The van der Waals surface area contributed by atoms with Gasteiger partial charge in [0.25, 0.3) is 0 Å². The summed E-state index contributed by atoms with van der Waals surface area (Å²) in [5.74, 6) is 1.42. The minimum Gasteiger partial charge on any atom is -0.496 e. The molecule has 138 valence electrons. The Bertz CT molecular complexity index is 1020. The van der Waals surface area contributed by atoms with Crippen LogP contribution in [0.25, 0.3) is 22.5 Å². The number of nitrogens with zero attached hydrogens (tertiary/aromatic N) is 2. The predicted molar refractivity (Wildman–Crippen MR) is 114 cm³/mol. The predicted octanol–water partition coefficient (Wildman–Crippen LogP) is 5.87. The van der Waals surface area contributed by atoms with E-state index in [1.807, 2.05) is 67.6 Å². The molecule has 0 saturated carbocycles. The zero-order chi connectivity index (χ0) is 19.3. The third kappa shape index (κ3) is 3.86. The number of hydrogen-bond acceptors (Lipinski definition) is 4. The van der Waals surface area contributed by atoms with Crippen molar-refractivity contribution in [2.45, 2.75) is 6.92 Å². The van der Waals surface area contributed by atoms with Gasteiger partial charge in [0.1, 0.15) is 5.75 Å². The zero-order valence-corrected chi connectivity index (χ0v) is 15.9. The smallest absolute Gasteiger partial charge is 0.228 e. The molecule has 0 aliphatic carbocycles. The highest BCUT2D eigenvalue weighted by Gasteiger charge is 2.09. The summed E-state index contributed by atoms with van der Waals surface area (Å²) in [6.45, 7) is 2.01. The minimum atomic E-state index is 0.560. The average Bonchev–Trinajstić information content (AvgIpc) is 2.75. The molecule has 4 heteroatoms. The van der Waals surface area contributed by atoms with Crippen LogP contribution in [-0.2, 0) is 0 Å². The van der Waals surface area contributed by atoms with E-state index in [1.54, 1.807) is 7.11 Å². The molecule has 0 amide bonds. The SMILES string of the molecule is COc1ccc(Nc2nc(-c3ccccc3)cc(-c3ccccc3)n2)cc1C. The van der Waals surface area contributed by atoms with Crippen LogP contribution < -0.4 is 10.1 Å². The molecular formula is C24H21N3O. The molecule has 1 aromatic heterocycles. The standard InChI is InChI=1S/C24H21N3O/c1-17-15-20(13-14-23(17)28-2)25-24-26-21(18-9-5-3-6-10-18)16-22(27-24)19-11-7-4-8-12-19/h3-16H,1-2H3,(H,25,26,27). The first-order chi connectivity index (χ1) is 13.7. The molecule has 0 bridgehead atoms. The van der Waals surface area contributed by atoms with Crippen molar-refractivity contribution in [1.82, 2.24) is 9.97 Å². The van der Waals surface area contributed by atoms with Crippen LogP contribution in [0.2, 0.25) is 0 Å². The van der Waals surface area contributed by atoms with Gasteiger partial charge in [0.15, 0.2) is 0 Å². The van der Waals surface area contributed by atoms with Crippen LogP contribution in [0.5, 0.6) is 5.75 Å². The van der Waals surface area contributed by atoms with Gasteiger partial charge in [-0.3, -0.25) is 0 Å². The fraction of sp³-hybridized carbons (Fsp3) is 0.0833. The molecule has 3 aromatic carbocycles. The van der Waals surface area contributed by atoms with Gasteiger partial charge in [-0.1, -0.05) is 60.7 Å². The van der Waals surface area contributed by atoms with Crippen molar-refractivity contribution < 1.29 is 4.74 Å². The lowest BCUT2D eigenvalue weighted by molar-refractivity contribution is 0.412. The molecular weight excluding hydrogens is 346 g/mol. The van der Waals surface area contributed by atoms with Crippen LogP contribution in [0.4, 0.5) is 11.6 Å². The van der Waals surface area contributed by atoms with E-state index >= 15 is 0 Å². The number of aromatic nitrogens is 2. The third-order valence-electron chi connectivity index (χ3n) is 4.52. The van der Waals surface area contributed by atoms with Crippen LogP contribution in [0.3, 0.4) is 0 Å². The van der Waals surface area contributed by atoms with Gasteiger partial charge in [-0.15, -0.1) is 0 Å². The summed E-state index contributed by atoms with van der Waals surface area (Å²) in [6.07, 6.45) is 0. The van der Waals surface area contributed by atoms with E-state index in [9.17, 15) is 0 Å². The van der Waals surface area contributed by atoms with E-state index in [0.717, 1.165) is 39.5 Å². The second-order valence-electron chi connectivity index (χ2n) is 6.50. The second kappa shape index (κ2) is 7.92. The van der Waals surface area contributed by atoms with Gasteiger partial charge in [0.05, 0.1) is 18.5 Å². The Kier molecular flexibility index (Phi) is 5.02. The van der Waals surface area contributed by atoms with Gasteiger partial charge in [-0.05, 0) is 36.8 Å². The van der Waals surface area contributed by atoms with E-state index in [4.69, 9.17) is 14.7 Å². The van der Waals surface area contributed by atoms with Crippen LogP contribution in [-0.4, -0.2) is 17.1 Å². The molecule has 28 heavy (non-hydrogen) atoms. The molecule has 4 rings (SSSR count). The monoisotopic (exact) mass is 367 g/mol. The van der Waals surface area contributed by atoms with E-state index in [-0.39, 0.29) is 0 Å². The molecule has 0 aliphatic heterocycles. The van der Waals surface area contributed by atoms with Crippen LogP contribution >= 0.6 is 0 Å². The van der Waals surface area contributed by atoms with Crippen molar-refractivity contribution in [2.75, 3.05) is 12.4 Å². The van der Waals surface area contributed by atoms with Gasteiger partial charge in [-0.25, -0.2) is 9.97 Å². The number of benzene rings is 3.